The van der Waals surface area contributed by atoms with Crippen molar-refractivity contribution in [1.29, 1.82) is 0 Å². The van der Waals surface area contributed by atoms with E-state index >= 15 is 0 Å². The predicted molar refractivity (Wildman–Crippen MR) is 83.6 cm³/mol. The second-order valence-electron chi connectivity index (χ2n) is 5.62. The average Bonchev–Trinajstić information content (AvgIpc) is 2.37. The van der Waals surface area contributed by atoms with Gasteiger partial charge in [0.1, 0.15) is 0 Å². The van der Waals surface area contributed by atoms with E-state index in [4.69, 9.17) is 0 Å². The molecule has 1 aliphatic rings. The Bertz CT molecular complexity index is 520. The standard InChI is InChI=1S/C15H21BrO2S/c1-11(2)12-6-8-13(9-7-12)15(16)14-5-3-4-10-19(14,17)18/h6-9,11,14-15H,3-5,10H2,1-2H3. The highest BCUT2D eigenvalue weighted by atomic mass is 79.9. The summed E-state index contributed by atoms with van der Waals surface area (Å²) in [5.41, 5.74) is 2.36. The van der Waals surface area contributed by atoms with E-state index in [0.717, 1.165) is 24.8 Å². The first kappa shape index (κ1) is 15.0. The molecule has 0 saturated carbocycles. The maximum Gasteiger partial charge on any atom is 0.154 e. The van der Waals surface area contributed by atoms with Crippen LogP contribution in [-0.4, -0.2) is 19.4 Å². The molecule has 0 spiro atoms. The first-order valence-electron chi connectivity index (χ1n) is 6.87. The van der Waals surface area contributed by atoms with Crippen molar-refractivity contribution in [2.45, 2.75) is 49.1 Å². The summed E-state index contributed by atoms with van der Waals surface area (Å²) < 4.78 is 24.3. The van der Waals surface area contributed by atoms with Gasteiger partial charge in [0.2, 0.25) is 0 Å². The third-order valence-electron chi connectivity index (χ3n) is 3.88. The third-order valence-corrected chi connectivity index (χ3v) is 7.68. The molecule has 0 amide bonds. The molecule has 1 fully saturated rings. The van der Waals surface area contributed by atoms with Crippen molar-refractivity contribution in [3.63, 3.8) is 0 Å². The van der Waals surface area contributed by atoms with Gasteiger partial charge in [-0.3, -0.25) is 0 Å². The summed E-state index contributed by atoms with van der Waals surface area (Å²) in [7, 11) is -2.94. The van der Waals surface area contributed by atoms with Crippen LogP contribution in [0.2, 0.25) is 0 Å². The van der Waals surface area contributed by atoms with Gasteiger partial charge in [-0.05, 0) is 29.9 Å². The van der Waals surface area contributed by atoms with E-state index in [1.807, 2.05) is 0 Å². The molecule has 19 heavy (non-hydrogen) atoms. The summed E-state index contributed by atoms with van der Waals surface area (Å²) in [6.45, 7) is 4.32. The van der Waals surface area contributed by atoms with Crippen LogP contribution in [0.5, 0.6) is 0 Å². The Morgan fingerprint density at radius 2 is 1.68 bits per heavy atom. The second kappa shape index (κ2) is 5.96. The quantitative estimate of drug-likeness (QED) is 0.769. The zero-order valence-corrected chi connectivity index (χ0v) is 13.9. The number of rotatable bonds is 3. The lowest BCUT2D eigenvalue weighted by Crippen LogP contribution is -2.31. The van der Waals surface area contributed by atoms with Crippen LogP contribution in [0.1, 0.15) is 55.0 Å². The van der Waals surface area contributed by atoms with Gasteiger partial charge >= 0.3 is 0 Å². The molecule has 2 rings (SSSR count). The minimum atomic E-state index is -2.94. The van der Waals surface area contributed by atoms with Gasteiger partial charge in [-0.1, -0.05) is 60.5 Å². The molecular weight excluding hydrogens is 324 g/mol. The Morgan fingerprint density at radius 1 is 1.11 bits per heavy atom. The Hall–Kier alpha value is -0.350. The molecule has 0 bridgehead atoms. The van der Waals surface area contributed by atoms with Gasteiger partial charge < -0.3 is 0 Å². The van der Waals surface area contributed by atoms with Gasteiger partial charge in [0.05, 0.1) is 15.8 Å². The molecule has 0 radical (unpaired) electrons. The van der Waals surface area contributed by atoms with Crippen LogP contribution in [0, 0.1) is 0 Å². The summed E-state index contributed by atoms with van der Waals surface area (Å²) >= 11 is 3.61. The molecule has 1 aromatic rings. The van der Waals surface area contributed by atoms with E-state index in [9.17, 15) is 8.42 Å². The summed E-state index contributed by atoms with van der Waals surface area (Å²) in [5, 5.41) is -0.272. The van der Waals surface area contributed by atoms with Crippen LogP contribution in [-0.2, 0) is 9.84 Å². The maximum absolute atomic E-state index is 12.1. The third kappa shape index (κ3) is 3.40. The fourth-order valence-electron chi connectivity index (χ4n) is 2.59. The van der Waals surface area contributed by atoms with E-state index in [-0.39, 0.29) is 10.1 Å². The Labute approximate surface area is 124 Å². The Balaban J connectivity index is 2.21. The lowest BCUT2D eigenvalue weighted by Gasteiger charge is -2.27. The van der Waals surface area contributed by atoms with Gasteiger partial charge in [0, 0.05) is 0 Å². The summed E-state index contributed by atoms with van der Waals surface area (Å²) in [4.78, 5) is -0.0842. The normalized spacial score (nSPS) is 24.3. The van der Waals surface area contributed by atoms with E-state index in [0.29, 0.717) is 11.7 Å². The Kier molecular flexibility index (Phi) is 4.72. The number of halogens is 1. The zero-order valence-electron chi connectivity index (χ0n) is 11.5. The topological polar surface area (TPSA) is 34.1 Å². The SMILES string of the molecule is CC(C)c1ccc(C(Br)C2CCCCS2(=O)=O)cc1. The fraction of sp³-hybridized carbons (Fsp3) is 0.600. The molecule has 0 N–H and O–H groups in total. The molecule has 0 aromatic heterocycles. The number of sulfone groups is 1. The zero-order chi connectivity index (χ0) is 14.0. The van der Waals surface area contributed by atoms with Crippen molar-refractivity contribution in [2.75, 3.05) is 5.75 Å². The first-order chi connectivity index (χ1) is 8.92. The van der Waals surface area contributed by atoms with Crippen LogP contribution in [0.3, 0.4) is 0 Å². The molecule has 4 heteroatoms. The highest BCUT2D eigenvalue weighted by Crippen LogP contribution is 2.37. The molecular formula is C15H21BrO2S. The largest absolute Gasteiger partial charge is 0.228 e. The van der Waals surface area contributed by atoms with Crippen LogP contribution < -0.4 is 0 Å². The minimum absolute atomic E-state index is 0.0842. The van der Waals surface area contributed by atoms with Gasteiger partial charge in [-0.15, -0.1) is 0 Å². The van der Waals surface area contributed by atoms with Crippen molar-refractivity contribution in [2.24, 2.45) is 0 Å². The number of benzene rings is 1. The highest BCUT2D eigenvalue weighted by Gasteiger charge is 2.34. The van der Waals surface area contributed by atoms with Crippen LogP contribution in [0.25, 0.3) is 0 Å². The lowest BCUT2D eigenvalue weighted by molar-refractivity contribution is 0.537. The molecule has 106 valence electrons. The maximum atomic E-state index is 12.1. The molecule has 1 aromatic carbocycles. The molecule has 0 aliphatic carbocycles. The molecule has 2 nitrogen and oxygen atoms in total. The predicted octanol–water partition coefficient (Wildman–Crippen LogP) is 4.21. The molecule has 1 aliphatic heterocycles. The van der Waals surface area contributed by atoms with Gasteiger partial charge in [-0.25, -0.2) is 8.42 Å². The van der Waals surface area contributed by atoms with Gasteiger partial charge in [-0.2, -0.15) is 0 Å². The van der Waals surface area contributed by atoms with Gasteiger partial charge in [0.25, 0.3) is 0 Å². The van der Waals surface area contributed by atoms with E-state index < -0.39 is 9.84 Å². The van der Waals surface area contributed by atoms with Crippen molar-refractivity contribution >= 4 is 25.8 Å². The fourth-order valence-corrected chi connectivity index (χ4v) is 6.10. The lowest BCUT2D eigenvalue weighted by atomic mass is 9.99. The molecule has 2 atom stereocenters. The summed E-state index contributed by atoms with van der Waals surface area (Å²) in [6.07, 6.45) is 2.59. The van der Waals surface area contributed by atoms with Crippen molar-refractivity contribution in [3.8, 4) is 0 Å². The minimum Gasteiger partial charge on any atom is -0.228 e. The summed E-state index contributed by atoms with van der Waals surface area (Å²) in [5.74, 6) is 0.838. The number of alkyl halides is 1. The highest BCUT2D eigenvalue weighted by molar-refractivity contribution is 9.09. The van der Waals surface area contributed by atoms with E-state index in [1.54, 1.807) is 0 Å². The van der Waals surface area contributed by atoms with Crippen molar-refractivity contribution < 1.29 is 8.42 Å². The second-order valence-corrected chi connectivity index (χ2v) is 8.95. The van der Waals surface area contributed by atoms with E-state index in [1.165, 1.54) is 5.56 Å². The van der Waals surface area contributed by atoms with Crippen LogP contribution in [0.4, 0.5) is 0 Å². The number of hydrogen-bond donors (Lipinski definition) is 0. The van der Waals surface area contributed by atoms with E-state index in [2.05, 4.69) is 54.0 Å². The smallest absolute Gasteiger partial charge is 0.154 e. The average molecular weight is 345 g/mol. The van der Waals surface area contributed by atoms with Crippen molar-refractivity contribution in [3.05, 3.63) is 35.4 Å². The van der Waals surface area contributed by atoms with Crippen LogP contribution in [0.15, 0.2) is 24.3 Å². The number of hydrogen-bond acceptors (Lipinski definition) is 2. The summed E-state index contributed by atoms with van der Waals surface area (Å²) in [6, 6.07) is 8.31. The van der Waals surface area contributed by atoms with Crippen LogP contribution >= 0.6 is 15.9 Å². The van der Waals surface area contributed by atoms with Crippen molar-refractivity contribution in [1.82, 2.24) is 0 Å². The molecule has 2 unspecified atom stereocenters. The Morgan fingerprint density at radius 3 is 2.21 bits per heavy atom. The first-order valence-corrected chi connectivity index (χ1v) is 9.50. The molecule has 1 heterocycles. The molecule has 1 saturated heterocycles. The monoisotopic (exact) mass is 344 g/mol. The van der Waals surface area contributed by atoms with Gasteiger partial charge in [0.15, 0.2) is 9.84 Å².